The second kappa shape index (κ2) is 14.4. The maximum Gasteiger partial charge on any atom is 0.223 e. The average Bonchev–Trinajstić information content (AvgIpc) is 2.80. The maximum atomic E-state index is 12.4. The van der Waals surface area contributed by atoms with Crippen LogP contribution in [0.1, 0.15) is 51.0 Å². The molecular weight excluding hydrogens is 539 g/mol. The molecule has 2 amide bonds. The Morgan fingerprint density at radius 3 is 2.25 bits per heavy atom. The predicted octanol–water partition coefficient (Wildman–Crippen LogP) is 3.32. The van der Waals surface area contributed by atoms with Gasteiger partial charge in [0.2, 0.25) is 11.8 Å². The van der Waals surface area contributed by atoms with Crippen LogP contribution in [0.5, 0.6) is 0 Å². The molecule has 1 saturated carbocycles. The second-order valence-corrected chi connectivity index (χ2v) is 9.71. The van der Waals surface area contributed by atoms with Crippen LogP contribution in [0.4, 0.5) is 5.69 Å². The lowest BCUT2D eigenvalue weighted by Crippen LogP contribution is -2.39. The first-order valence-electron chi connectivity index (χ1n) is 11.2. The number of carbonyl (C=O) groups excluding carboxylic acids is 3. The topological polar surface area (TPSA) is 99.3 Å². The van der Waals surface area contributed by atoms with E-state index >= 15 is 0 Å². The minimum Gasteiger partial charge on any atom is -0.362 e. The highest BCUT2D eigenvalue weighted by atomic mass is 127. The minimum atomic E-state index is -0.164. The molecule has 32 heavy (non-hydrogen) atoms. The highest BCUT2D eigenvalue weighted by molar-refractivity contribution is 14.1. The molecule has 9 heteroatoms. The highest BCUT2D eigenvalue weighted by Gasteiger charge is 2.26. The van der Waals surface area contributed by atoms with Gasteiger partial charge < -0.3 is 21.3 Å². The van der Waals surface area contributed by atoms with Crippen molar-refractivity contribution in [2.75, 3.05) is 25.0 Å². The van der Waals surface area contributed by atoms with Gasteiger partial charge in [-0.2, -0.15) is 0 Å². The summed E-state index contributed by atoms with van der Waals surface area (Å²) in [5.74, 6) is 0.422. The Hall–Kier alpha value is -1.75. The number of nitrogens with one attached hydrogen (secondary N) is 4. The van der Waals surface area contributed by atoms with Crippen LogP contribution < -0.4 is 21.3 Å². The fourth-order valence-electron chi connectivity index (χ4n) is 3.70. The molecule has 0 atom stereocenters. The molecule has 0 aromatic heterocycles. The van der Waals surface area contributed by atoms with Gasteiger partial charge >= 0.3 is 0 Å². The van der Waals surface area contributed by atoms with E-state index in [2.05, 4.69) is 40.3 Å². The van der Waals surface area contributed by atoms with Crippen LogP contribution in [0, 0.1) is 11.8 Å². The van der Waals surface area contributed by atoms with Crippen LogP contribution in [-0.4, -0.2) is 40.4 Å². The number of carbonyl (C=O) groups is 3. The number of benzene rings is 1. The number of rotatable bonds is 11. The summed E-state index contributed by atoms with van der Waals surface area (Å²) in [5, 5.41) is 12.8. The van der Waals surface area contributed by atoms with Crippen LogP contribution in [0.25, 0.3) is 0 Å². The Morgan fingerprint density at radius 1 is 0.969 bits per heavy atom. The number of halogens is 1. The van der Waals surface area contributed by atoms with E-state index in [1.807, 2.05) is 12.1 Å². The molecule has 1 fully saturated rings. The Balaban J connectivity index is 1.57. The van der Waals surface area contributed by atoms with E-state index in [-0.39, 0.29) is 34.4 Å². The summed E-state index contributed by atoms with van der Waals surface area (Å²) in [7, 11) is 0. The molecule has 0 unspecified atom stereocenters. The number of amides is 2. The first-order valence-corrected chi connectivity index (χ1v) is 12.7. The molecule has 1 aliphatic rings. The van der Waals surface area contributed by atoms with Crippen molar-refractivity contribution in [1.29, 1.82) is 0 Å². The third-order valence-electron chi connectivity index (χ3n) is 5.68. The largest absolute Gasteiger partial charge is 0.362 e. The summed E-state index contributed by atoms with van der Waals surface area (Å²) in [6.07, 6.45) is 5.14. The third kappa shape index (κ3) is 10.2. The maximum absolute atomic E-state index is 12.4. The van der Waals surface area contributed by atoms with Crippen molar-refractivity contribution in [2.24, 2.45) is 11.8 Å². The van der Waals surface area contributed by atoms with Gasteiger partial charge in [-0.1, -0.05) is 19.1 Å². The molecule has 2 rings (SSSR count). The Bertz CT molecular complexity index is 780. The lowest BCUT2D eigenvalue weighted by Gasteiger charge is -2.28. The van der Waals surface area contributed by atoms with Crippen LogP contribution in [0.3, 0.4) is 0 Å². The van der Waals surface area contributed by atoms with E-state index in [9.17, 15) is 14.4 Å². The number of hydrogen-bond donors (Lipinski definition) is 4. The molecule has 4 N–H and O–H groups in total. The summed E-state index contributed by atoms with van der Waals surface area (Å²) in [6, 6.07) is 8.26. The fraction of sp³-hybridized carbons (Fsp3) is 0.565. The van der Waals surface area contributed by atoms with Crippen molar-refractivity contribution in [2.45, 2.75) is 51.9 Å². The van der Waals surface area contributed by atoms with Gasteiger partial charge in [0, 0.05) is 44.1 Å². The monoisotopic (exact) mass is 572 g/mol. The van der Waals surface area contributed by atoms with E-state index in [0.29, 0.717) is 24.1 Å². The third-order valence-corrected chi connectivity index (χ3v) is 6.47. The Morgan fingerprint density at radius 2 is 1.62 bits per heavy atom. The van der Waals surface area contributed by atoms with Gasteiger partial charge in [-0.3, -0.25) is 14.4 Å². The zero-order valence-corrected chi connectivity index (χ0v) is 21.5. The highest BCUT2D eigenvalue weighted by Crippen LogP contribution is 2.28. The van der Waals surface area contributed by atoms with Crippen LogP contribution >= 0.6 is 34.8 Å². The van der Waals surface area contributed by atoms with Crippen molar-refractivity contribution in [3.8, 4) is 0 Å². The number of thiocarbonyl (C=S) groups is 1. The van der Waals surface area contributed by atoms with Crippen LogP contribution in [-0.2, 0) is 20.8 Å². The minimum absolute atomic E-state index is 0.0285. The van der Waals surface area contributed by atoms with Gasteiger partial charge in [0.1, 0.15) is 0 Å². The van der Waals surface area contributed by atoms with E-state index in [1.54, 1.807) is 22.6 Å². The molecule has 7 nitrogen and oxygen atoms in total. The number of aryl methyl sites for hydroxylation is 1. The van der Waals surface area contributed by atoms with E-state index in [1.165, 1.54) is 5.56 Å². The smallest absolute Gasteiger partial charge is 0.223 e. The van der Waals surface area contributed by atoms with Crippen LogP contribution in [0.15, 0.2) is 24.3 Å². The zero-order valence-electron chi connectivity index (χ0n) is 18.5. The van der Waals surface area contributed by atoms with Crippen molar-refractivity contribution in [1.82, 2.24) is 16.0 Å². The lowest BCUT2D eigenvalue weighted by molar-refractivity contribution is -0.126. The molecule has 0 saturated heterocycles. The number of anilines is 1. The average molecular weight is 573 g/mol. The Kier molecular flexibility index (Phi) is 11.9. The van der Waals surface area contributed by atoms with E-state index in [0.717, 1.165) is 44.3 Å². The molecular formula is C23H33IN4O3S. The number of hydrogen-bond acceptors (Lipinski definition) is 4. The van der Waals surface area contributed by atoms with Gasteiger partial charge in [0.05, 0.1) is 0 Å². The lowest BCUT2D eigenvalue weighted by atomic mass is 9.81. The molecule has 1 aliphatic carbocycles. The fourth-order valence-corrected chi connectivity index (χ4v) is 4.17. The van der Waals surface area contributed by atoms with Crippen LogP contribution in [0.2, 0.25) is 0 Å². The standard InChI is InChI=1S/C23H33IN4O3S/c1-2-16-5-9-19(10-6-16)28-23(32)27-15-17-3-7-18(8-4-17)22(31)26-14-13-25-21(30)12-11-20(24)29/h5-6,9-10,17-18H,2-4,7-8,11-15H2,1H3,(H,25,30)(H,26,31)(H2,27,28,32). The Labute approximate surface area is 209 Å². The molecule has 0 aliphatic heterocycles. The molecule has 1 aromatic carbocycles. The van der Waals surface area contributed by atoms with Crippen molar-refractivity contribution >= 4 is 61.2 Å². The van der Waals surface area contributed by atoms with Gasteiger partial charge in [-0.25, -0.2) is 0 Å². The summed E-state index contributed by atoms with van der Waals surface area (Å²) in [6.45, 7) is 3.72. The molecule has 176 valence electrons. The molecule has 1 aromatic rings. The van der Waals surface area contributed by atoms with Gasteiger partial charge in [0.25, 0.3) is 0 Å². The van der Waals surface area contributed by atoms with E-state index < -0.39 is 0 Å². The van der Waals surface area contributed by atoms with Crippen molar-refractivity contribution < 1.29 is 14.4 Å². The quantitative estimate of drug-likeness (QED) is 0.141. The zero-order chi connectivity index (χ0) is 23.3. The SMILES string of the molecule is CCc1ccc(NC(=S)NCC2CCC(C(=O)NCCNC(=O)CCC(=O)I)CC2)cc1. The first kappa shape index (κ1) is 26.5. The van der Waals surface area contributed by atoms with Crippen molar-refractivity contribution in [3.63, 3.8) is 0 Å². The van der Waals surface area contributed by atoms with E-state index in [4.69, 9.17) is 12.2 Å². The molecule has 0 heterocycles. The summed E-state index contributed by atoms with van der Waals surface area (Å²) < 4.78 is -0.0309. The second-order valence-electron chi connectivity index (χ2n) is 8.10. The van der Waals surface area contributed by atoms with Gasteiger partial charge in [0.15, 0.2) is 8.90 Å². The summed E-state index contributed by atoms with van der Waals surface area (Å²) in [4.78, 5) is 34.8. The van der Waals surface area contributed by atoms with Crippen molar-refractivity contribution in [3.05, 3.63) is 29.8 Å². The molecule has 0 spiro atoms. The summed E-state index contributed by atoms with van der Waals surface area (Å²) in [5.41, 5.74) is 2.28. The predicted molar refractivity (Wildman–Crippen MR) is 140 cm³/mol. The summed E-state index contributed by atoms with van der Waals surface area (Å²) >= 11 is 7.08. The molecule has 0 radical (unpaired) electrons. The van der Waals surface area contributed by atoms with Gasteiger partial charge in [-0.05, 0) is 90.5 Å². The normalized spacial score (nSPS) is 17.8. The first-order chi connectivity index (χ1) is 15.4. The molecule has 0 bridgehead atoms. The van der Waals surface area contributed by atoms with Gasteiger partial charge in [-0.15, -0.1) is 0 Å².